The second-order valence-corrected chi connectivity index (χ2v) is 7.92. The SMILES string of the molecule is CC(N)C(C)CCS(=O)(=O)C(C)(C)C. The van der Waals surface area contributed by atoms with Crippen molar-refractivity contribution in [2.75, 3.05) is 5.75 Å². The Morgan fingerprint density at radius 3 is 1.93 bits per heavy atom. The summed E-state index contributed by atoms with van der Waals surface area (Å²) >= 11 is 0. The summed E-state index contributed by atoms with van der Waals surface area (Å²) < 4.78 is 22.8. The maximum absolute atomic E-state index is 11.7. The van der Waals surface area contributed by atoms with E-state index >= 15 is 0 Å². The summed E-state index contributed by atoms with van der Waals surface area (Å²) in [5.41, 5.74) is 5.68. The molecule has 0 fully saturated rings. The molecule has 0 aliphatic rings. The molecule has 2 unspecified atom stereocenters. The molecule has 0 aromatic carbocycles. The second kappa shape index (κ2) is 4.62. The minimum atomic E-state index is -2.98. The Labute approximate surface area is 88.0 Å². The number of nitrogens with two attached hydrogens (primary N) is 1. The lowest BCUT2D eigenvalue weighted by atomic mass is 10.0. The number of rotatable bonds is 4. The van der Waals surface area contributed by atoms with Crippen LogP contribution in [-0.4, -0.2) is 25.0 Å². The van der Waals surface area contributed by atoms with Gasteiger partial charge in [-0.2, -0.15) is 0 Å². The quantitative estimate of drug-likeness (QED) is 0.784. The first-order valence-electron chi connectivity index (χ1n) is 5.06. The molecule has 0 aliphatic carbocycles. The third-order valence-electron chi connectivity index (χ3n) is 2.67. The zero-order valence-electron chi connectivity index (χ0n) is 9.87. The summed E-state index contributed by atoms with van der Waals surface area (Å²) in [4.78, 5) is 0. The number of hydrogen-bond acceptors (Lipinski definition) is 3. The molecule has 0 spiro atoms. The maximum atomic E-state index is 11.7. The summed E-state index contributed by atoms with van der Waals surface area (Å²) in [7, 11) is -2.98. The Bertz CT molecular complexity index is 262. The smallest absolute Gasteiger partial charge is 0.155 e. The fourth-order valence-electron chi connectivity index (χ4n) is 0.910. The van der Waals surface area contributed by atoms with Crippen LogP contribution >= 0.6 is 0 Å². The maximum Gasteiger partial charge on any atom is 0.155 e. The van der Waals surface area contributed by atoms with Gasteiger partial charge in [-0.1, -0.05) is 6.92 Å². The van der Waals surface area contributed by atoms with Gasteiger partial charge in [0, 0.05) is 6.04 Å². The molecule has 0 aromatic heterocycles. The van der Waals surface area contributed by atoms with Gasteiger partial charge in [-0.15, -0.1) is 0 Å². The van der Waals surface area contributed by atoms with Crippen LogP contribution in [-0.2, 0) is 9.84 Å². The minimum Gasteiger partial charge on any atom is -0.328 e. The Kier molecular flexibility index (Phi) is 4.59. The van der Waals surface area contributed by atoms with Gasteiger partial charge in [0.15, 0.2) is 9.84 Å². The summed E-state index contributed by atoms with van der Waals surface area (Å²) in [6.45, 7) is 9.11. The Hall–Kier alpha value is -0.0900. The molecule has 0 saturated heterocycles. The summed E-state index contributed by atoms with van der Waals surface area (Å²) in [6, 6.07) is 0.0603. The van der Waals surface area contributed by atoms with Crippen LogP contribution in [0.3, 0.4) is 0 Å². The molecule has 0 saturated carbocycles. The molecule has 2 N–H and O–H groups in total. The molecular formula is C10H23NO2S. The first-order chi connectivity index (χ1) is 6.08. The summed E-state index contributed by atoms with van der Waals surface area (Å²) in [5.74, 6) is 0.492. The zero-order chi connectivity index (χ0) is 11.6. The Morgan fingerprint density at radius 2 is 1.64 bits per heavy atom. The molecule has 14 heavy (non-hydrogen) atoms. The molecule has 0 rings (SSSR count). The van der Waals surface area contributed by atoms with E-state index in [2.05, 4.69) is 0 Å². The lowest BCUT2D eigenvalue weighted by Gasteiger charge is -2.21. The molecular weight excluding hydrogens is 198 g/mol. The second-order valence-electron chi connectivity index (χ2n) is 5.06. The van der Waals surface area contributed by atoms with E-state index in [-0.39, 0.29) is 17.7 Å². The zero-order valence-corrected chi connectivity index (χ0v) is 10.7. The van der Waals surface area contributed by atoms with Crippen molar-refractivity contribution in [2.45, 2.75) is 51.8 Å². The monoisotopic (exact) mass is 221 g/mol. The van der Waals surface area contributed by atoms with Crippen LogP contribution in [0.5, 0.6) is 0 Å². The van der Waals surface area contributed by atoms with Gasteiger partial charge in [0.1, 0.15) is 0 Å². The van der Waals surface area contributed by atoms with Gasteiger partial charge in [0.2, 0.25) is 0 Å². The van der Waals surface area contributed by atoms with Crippen molar-refractivity contribution in [3.8, 4) is 0 Å². The van der Waals surface area contributed by atoms with Gasteiger partial charge in [-0.25, -0.2) is 8.42 Å². The number of sulfone groups is 1. The molecule has 0 aliphatic heterocycles. The van der Waals surface area contributed by atoms with E-state index in [1.807, 2.05) is 13.8 Å². The standard InChI is InChI=1S/C10H23NO2S/c1-8(9(2)11)6-7-14(12,13)10(3,4)5/h8-9H,6-7,11H2,1-5H3. The molecule has 2 atom stereocenters. The van der Waals surface area contributed by atoms with Crippen molar-refractivity contribution in [2.24, 2.45) is 11.7 Å². The highest BCUT2D eigenvalue weighted by Crippen LogP contribution is 2.19. The summed E-state index contributed by atoms with van der Waals surface area (Å²) in [5, 5.41) is 0. The normalized spacial score (nSPS) is 17.9. The van der Waals surface area contributed by atoms with Crippen molar-refractivity contribution in [3.63, 3.8) is 0 Å². The topological polar surface area (TPSA) is 60.2 Å². The predicted octanol–water partition coefficient (Wildman–Crippen LogP) is 1.57. The first-order valence-corrected chi connectivity index (χ1v) is 6.71. The molecule has 4 heteroatoms. The van der Waals surface area contributed by atoms with Gasteiger partial charge in [0.05, 0.1) is 10.5 Å². The highest BCUT2D eigenvalue weighted by molar-refractivity contribution is 7.92. The van der Waals surface area contributed by atoms with Gasteiger partial charge >= 0.3 is 0 Å². The molecule has 86 valence electrons. The van der Waals surface area contributed by atoms with Crippen LogP contribution in [0.25, 0.3) is 0 Å². The molecule has 0 bridgehead atoms. The Balaban J connectivity index is 4.29. The van der Waals surface area contributed by atoms with Crippen LogP contribution in [0.1, 0.15) is 41.0 Å². The largest absolute Gasteiger partial charge is 0.328 e. The summed E-state index contributed by atoms with van der Waals surface area (Å²) in [6.07, 6.45) is 0.650. The molecule has 0 heterocycles. The van der Waals surface area contributed by atoms with Crippen molar-refractivity contribution >= 4 is 9.84 Å². The minimum absolute atomic E-state index is 0.0603. The highest BCUT2D eigenvalue weighted by Gasteiger charge is 2.29. The van der Waals surface area contributed by atoms with E-state index in [9.17, 15) is 8.42 Å². The molecule has 0 radical (unpaired) electrons. The Morgan fingerprint density at radius 1 is 1.21 bits per heavy atom. The fraction of sp³-hybridized carbons (Fsp3) is 1.00. The van der Waals surface area contributed by atoms with E-state index in [0.29, 0.717) is 6.42 Å². The van der Waals surface area contributed by atoms with Crippen LogP contribution in [0, 0.1) is 5.92 Å². The third-order valence-corrected chi connectivity index (χ3v) is 5.31. The van der Waals surface area contributed by atoms with E-state index in [0.717, 1.165) is 0 Å². The average molecular weight is 221 g/mol. The molecule has 0 aromatic rings. The first kappa shape index (κ1) is 13.9. The van der Waals surface area contributed by atoms with E-state index in [1.165, 1.54) is 0 Å². The van der Waals surface area contributed by atoms with Crippen molar-refractivity contribution in [3.05, 3.63) is 0 Å². The predicted molar refractivity (Wildman–Crippen MR) is 61.0 cm³/mol. The van der Waals surface area contributed by atoms with E-state index < -0.39 is 14.6 Å². The van der Waals surface area contributed by atoms with Crippen molar-refractivity contribution in [1.82, 2.24) is 0 Å². The highest BCUT2D eigenvalue weighted by atomic mass is 32.2. The van der Waals surface area contributed by atoms with Crippen molar-refractivity contribution < 1.29 is 8.42 Å². The third kappa shape index (κ3) is 3.96. The van der Waals surface area contributed by atoms with E-state index in [4.69, 9.17) is 5.73 Å². The molecule has 0 amide bonds. The van der Waals surface area contributed by atoms with Crippen LogP contribution in [0.4, 0.5) is 0 Å². The van der Waals surface area contributed by atoms with Gasteiger partial charge < -0.3 is 5.73 Å². The fourth-order valence-corrected chi connectivity index (χ4v) is 2.20. The molecule has 3 nitrogen and oxygen atoms in total. The van der Waals surface area contributed by atoms with Gasteiger partial charge in [0.25, 0.3) is 0 Å². The van der Waals surface area contributed by atoms with Crippen LogP contribution in [0.15, 0.2) is 0 Å². The lowest BCUT2D eigenvalue weighted by molar-refractivity contribution is 0.464. The number of hydrogen-bond donors (Lipinski definition) is 1. The van der Waals surface area contributed by atoms with Gasteiger partial charge in [-0.3, -0.25) is 0 Å². The van der Waals surface area contributed by atoms with Crippen LogP contribution < -0.4 is 5.73 Å². The van der Waals surface area contributed by atoms with Crippen molar-refractivity contribution in [1.29, 1.82) is 0 Å². The lowest BCUT2D eigenvalue weighted by Crippen LogP contribution is -2.33. The van der Waals surface area contributed by atoms with E-state index in [1.54, 1.807) is 20.8 Å². The van der Waals surface area contributed by atoms with Gasteiger partial charge in [-0.05, 0) is 40.0 Å². The average Bonchev–Trinajstić information content (AvgIpc) is 1.97. The van der Waals surface area contributed by atoms with Crippen LogP contribution in [0.2, 0.25) is 0 Å².